The molecule has 0 bridgehead atoms. The predicted molar refractivity (Wildman–Crippen MR) is 150 cm³/mol. The Morgan fingerprint density at radius 1 is 1.10 bits per heavy atom. The topological polar surface area (TPSA) is 83.1 Å². The summed E-state index contributed by atoms with van der Waals surface area (Å²) in [5, 5.41) is 3.87. The molecule has 1 saturated carbocycles. The molecule has 2 amide bonds. The Kier molecular flexibility index (Phi) is 8.23. The molecule has 208 valence electrons. The second kappa shape index (κ2) is 11.8. The van der Waals surface area contributed by atoms with Gasteiger partial charge in [0.2, 0.25) is 5.95 Å². The molecule has 0 unspecified atom stereocenters. The molecule has 1 aliphatic heterocycles. The normalized spacial score (nSPS) is 20.1. The summed E-state index contributed by atoms with van der Waals surface area (Å²) in [6, 6.07) is 8.39. The van der Waals surface area contributed by atoms with E-state index in [4.69, 9.17) is 21.1 Å². The Labute approximate surface area is 232 Å². The van der Waals surface area contributed by atoms with Gasteiger partial charge in [-0.15, -0.1) is 0 Å². The third-order valence-electron chi connectivity index (χ3n) is 7.60. The fourth-order valence-electron chi connectivity index (χ4n) is 5.16. The van der Waals surface area contributed by atoms with Gasteiger partial charge >= 0.3 is 6.03 Å². The second-order valence-electron chi connectivity index (χ2n) is 10.2. The fraction of sp³-hybridized carbons (Fsp3) is 0.464. The smallest absolute Gasteiger partial charge is 0.320 e. The first-order chi connectivity index (χ1) is 18.8. The molecular weight excluding hydrogens is 523 g/mol. The zero-order valence-corrected chi connectivity index (χ0v) is 23.2. The van der Waals surface area contributed by atoms with Crippen LogP contribution in [0.1, 0.15) is 25.7 Å². The summed E-state index contributed by atoms with van der Waals surface area (Å²) < 4.78 is 25.5. The van der Waals surface area contributed by atoms with Gasteiger partial charge in [-0.1, -0.05) is 11.6 Å². The number of amides is 2. The van der Waals surface area contributed by atoms with Crippen molar-refractivity contribution >= 4 is 40.2 Å². The van der Waals surface area contributed by atoms with E-state index in [9.17, 15) is 9.18 Å². The highest BCUT2D eigenvalue weighted by molar-refractivity contribution is 6.31. The summed E-state index contributed by atoms with van der Waals surface area (Å²) in [6.45, 7) is 3.39. The molecule has 1 aliphatic carbocycles. The summed E-state index contributed by atoms with van der Waals surface area (Å²) in [4.78, 5) is 28.1. The quantitative estimate of drug-likeness (QED) is 0.449. The van der Waals surface area contributed by atoms with Crippen molar-refractivity contribution in [2.24, 2.45) is 0 Å². The number of anilines is 2. The zero-order valence-electron chi connectivity index (χ0n) is 22.5. The minimum atomic E-state index is -0.487. The van der Waals surface area contributed by atoms with Gasteiger partial charge < -0.3 is 29.5 Å². The van der Waals surface area contributed by atoms with Crippen molar-refractivity contribution in [3.63, 3.8) is 0 Å². The number of nitrogens with one attached hydrogen (secondary N) is 1. The third-order valence-corrected chi connectivity index (χ3v) is 7.89. The van der Waals surface area contributed by atoms with Crippen molar-refractivity contribution < 1.29 is 18.7 Å². The Balaban J connectivity index is 1.21. The molecule has 2 aromatic carbocycles. The predicted octanol–water partition coefficient (Wildman–Crippen LogP) is 5.16. The van der Waals surface area contributed by atoms with Crippen LogP contribution in [0.3, 0.4) is 0 Å². The first-order valence-corrected chi connectivity index (χ1v) is 13.6. The van der Waals surface area contributed by atoms with Crippen LogP contribution in [0, 0.1) is 5.82 Å². The maximum Gasteiger partial charge on any atom is 0.320 e. The number of hydrogen-bond acceptors (Lipinski definition) is 7. The van der Waals surface area contributed by atoms with Crippen LogP contribution < -0.4 is 14.8 Å². The molecule has 2 heterocycles. The zero-order chi connectivity index (χ0) is 27.5. The van der Waals surface area contributed by atoms with Crippen LogP contribution in [0.25, 0.3) is 10.9 Å². The van der Waals surface area contributed by atoms with Gasteiger partial charge in [-0.3, -0.25) is 0 Å². The number of urea groups is 1. The van der Waals surface area contributed by atoms with E-state index in [0.29, 0.717) is 28.7 Å². The van der Waals surface area contributed by atoms with Crippen molar-refractivity contribution in [2.75, 3.05) is 52.7 Å². The molecule has 0 radical (unpaired) electrons. The minimum Gasteiger partial charge on any atom is -0.493 e. The maximum absolute atomic E-state index is 13.5. The molecular formula is C28H34ClFN6O3. The number of aromatic nitrogens is 2. The highest BCUT2D eigenvalue weighted by Crippen LogP contribution is 2.35. The number of rotatable bonds is 6. The highest BCUT2D eigenvalue weighted by atomic mass is 35.5. The number of carbonyl (C=O) groups is 1. The number of methoxy groups -OCH3 is 1. The summed E-state index contributed by atoms with van der Waals surface area (Å²) in [5.74, 6) is 1.10. The number of ether oxygens (including phenoxy) is 2. The van der Waals surface area contributed by atoms with Gasteiger partial charge in [0, 0.05) is 62.6 Å². The standard InChI is InChI=1S/C28H34ClFN6O3/c1-34-10-12-36(13-11-34)28(37)35(2)20-5-7-21(8-6-20)39-26-14-18-17-31-27(33-24(18)16-25(26)38-3)32-19-4-9-23(30)22(29)15-19/h4,9,14-17,20-21H,5-8,10-13H2,1-3H3,(H,31,32,33). The van der Waals surface area contributed by atoms with E-state index in [-0.39, 0.29) is 23.2 Å². The van der Waals surface area contributed by atoms with E-state index in [1.165, 1.54) is 12.1 Å². The number of fused-ring (bicyclic) bond motifs is 1. The monoisotopic (exact) mass is 556 g/mol. The van der Waals surface area contributed by atoms with Gasteiger partial charge in [0.1, 0.15) is 5.82 Å². The van der Waals surface area contributed by atoms with Gasteiger partial charge in [-0.2, -0.15) is 0 Å². The van der Waals surface area contributed by atoms with Crippen LogP contribution in [-0.2, 0) is 0 Å². The molecule has 9 nitrogen and oxygen atoms in total. The molecule has 2 aliphatic rings. The lowest BCUT2D eigenvalue weighted by molar-refractivity contribution is 0.0845. The lowest BCUT2D eigenvalue weighted by atomic mass is 9.92. The number of likely N-dealkylation sites (N-methyl/N-ethyl adjacent to an activating group) is 1. The first kappa shape index (κ1) is 27.2. The van der Waals surface area contributed by atoms with Crippen molar-refractivity contribution in [1.82, 2.24) is 24.7 Å². The molecule has 11 heteroatoms. The number of halogens is 2. The molecule has 1 aromatic heterocycles. The first-order valence-electron chi connectivity index (χ1n) is 13.2. The summed E-state index contributed by atoms with van der Waals surface area (Å²) in [7, 11) is 5.61. The SMILES string of the molecule is COc1cc2nc(Nc3ccc(F)c(Cl)c3)ncc2cc1OC1CCC(N(C)C(=O)N2CCN(C)CC2)CC1. The van der Waals surface area contributed by atoms with E-state index in [1.54, 1.807) is 19.4 Å². The molecule has 1 N–H and O–H groups in total. The number of benzene rings is 2. The van der Waals surface area contributed by atoms with Crippen molar-refractivity contribution in [1.29, 1.82) is 0 Å². The van der Waals surface area contributed by atoms with E-state index in [1.807, 2.05) is 29.0 Å². The fourth-order valence-corrected chi connectivity index (χ4v) is 5.34. The van der Waals surface area contributed by atoms with Crippen LogP contribution in [0.15, 0.2) is 36.5 Å². The van der Waals surface area contributed by atoms with E-state index >= 15 is 0 Å². The minimum absolute atomic E-state index is 0.0200. The van der Waals surface area contributed by atoms with E-state index in [2.05, 4.69) is 27.2 Å². The van der Waals surface area contributed by atoms with Crippen LogP contribution in [-0.4, -0.2) is 90.2 Å². The van der Waals surface area contributed by atoms with Gasteiger partial charge in [0.15, 0.2) is 11.5 Å². The number of carbonyl (C=O) groups excluding carboxylic acids is 1. The number of nitrogens with zero attached hydrogens (tertiary/aromatic N) is 5. The Morgan fingerprint density at radius 2 is 1.85 bits per heavy atom. The summed E-state index contributed by atoms with van der Waals surface area (Å²) >= 11 is 5.88. The number of piperazine rings is 1. The Morgan fingerprint density at radius 3 is 2.54 bits per heavy atom. The molecule has 3 aromatic rings. The van der Waals surface area contributed by atoms with Crippen LogP contribution in [0.5, 0.6) is 11.5 Å². The molecule has 2 fully saturated rings. The maximum atomic E-state index is 13.5. The lowest BCUT2D eigenvalue weighted by Crippen LogP contribution is -2.53. The average molecular weight is 557 g/mol. The molecule has 5 rings (SSSR count). The van der Waals surface area contributed by atoms with Crippen LogP contribution in [0.4, 0.5) is 20.8 Å². The molecule has 1 saturated heterocycles. The highest BCUT2D eigenvalue weighted by Gasteiger charge is 2.31. The van der Waals surface area contributed by atoms with Gasteiger partial charge in [0.05, 0.1) is 23.8 Å². The van der Waals surface area contributed by atoms with E-state index in [0.717, 1.165) is 57.2 Å². The third kappa shape index (κ3) is 6.28. The largest absolute Gasteiger partial charge is 0.493 e. The van der Waals surface area contributed by atoms with Crippen LogP contribution >= 0.6 is 11.6 Å². The number of hydrogen-bond donors (Lipinski definition) is 1. The Hall–Kier alpha value is -3.37. The summed E-state index contributed by atoms with van der Waals surface area (Å²) in [5.41, 5.74) is 1.26. The molecule has 39 heavy (non-hydrogen) atoms. The van der Waals surface area contributed by atoms with Crippen molar-refractivity contribution in [3.8, 4) is 11.5 Å². The van der Waals surface area contributed by atoms with Crippen LogP contribution in [0.2, 0.25) is 5.02 Å². The second-order valence-corrected chi connectivity index (χ2v) is 10.6. The van der Waals surface area contributed by atoms with Gasteiger partial charge in [0.25, 0.3) is 0 Å². The van der Waals surface area contributed by atoms with Crippen molar-refractivity contribution in [2.45, 2.75) is 37.8 Å². The van der Waals surface area contributed by atoms with Gasteiger partial charge in [-0.05, 0) is 57.0 Å². The van der Waals surface area contributed by atoms with Crippen molar-refractivity contribution in [3.05, 3.63) is 47.4 Å². The average Bonchev–Trinajstić information content (AvgIpc) is 2.95. The molecule has 0 atom stereocenters. The summed E-state index contributed by atoms with van der Waals surface area (Å²) in [6.07, 6.45) is 5.23. The molecule has 0 spiro atoms. The lowest BCUT2D eigenvalue weighted by Gasteiger charge is -2.39. The Bertz CT molecular complexity index is 1330. The van der Waals surface area contributed by atoms with E-state index < -0.39 is 5.82 Å². The van der Waals surface area contributed by atoms with Gasteiger partial charge in [-0.25, -0.2) is 19.2 Å².